The molecule has 0 atom stereocenters. The van der Waals surface area contributed by atoms with Crippen molar-refractivity contribution in [3.05, 3.63) is 53.6 Å². The molecule has 0 aliphatic heterocycles. The molecule has 0 aromatic heterocycles. The molecule has 2 aromatic carbocycles. The molecule has 1 amide bonds. The molecule has 0 heterocycles. The summed E-state index contributed by atoms with van der Waals surface area (Å²) in [6.45, 7) is 3.11. The van der Waals surface area contributed by atoms with Crippen LogP contribution in [0.3, 0.4) is 0 Å². The standard InChI is InChI=1S/C20H22N2O3S/c1-3-10-25-18-9-6-16(11-19(18)24-2)13-22-20(23)14-26-17-7-4-15(12-21)5-8-17/h4-9,11H,3,10,13-14H2,1-2H3,(H,22,23). The first-order valence-electron chi connectivity index (χ1n) is 8.35. The van der Waals surface area contributed by atoms with Gasteiger partial charge in [-0.3, -0.25) is 4.79 Å². The average molecular weight is 370 g/mol. The van der Waals surface area contributed by atoms with E-state index >= 15 is 0 Å². The second-order valence-corrected chi connectivity index (χ2v) is 6.58. The molecule has 0 saturated carbocycles. The highest BCUT2D eigenvalue weighted by Crippen LogP contribution is 2.28. The topological polar surface area (TPSA) is 71.3 Å². The highest BCUT2D eigenvalue weighted by Gasteiger charge is 2.07. The number of ether oxygens (including phenoxy) is 2. The number of thioether (sulfide) groups is 1. The molecular weight excluding hydrogens is 348 g/mol. The summed E-state index contributed by atoms with van der Waals surface area (Å²) >= 11 is 1.44. The van der Waals surface area contributed by atoms with Gasteiger partial charge in [-0.25, -0.2) is 0 Å². The van der Waals surface area contributed by atoms with Crippen molar-refractivity contribution in [3.63, 3.8) is 0 Å². The largest absolute Gasteiger partial charge is 0.493 e. The van der Waals surface area contributed by atoms with Gasteiger partial charge in [0.25, 0.3) is 0 Å². The second kappa shape index (κ2) is 10.4. The minimum atomic E-state index is -0.0513. The van der Waals surface area contributed by atoms with Gasteiger partial charge >= 0.3 is 0 Å². The zero-order chi connectivity index (χ0) is 18.8. The number of benzene rings is 2. The normalized spacial score (nSPS) is 10.0. The molecule has 1 N–H and O–H groups in total. The van der Waals surface area contributed by atoms with Crippen LogP contribution >= 0.6 is 11.8 Å². The first kappa shape index (κ1) is 19.7. The number of nitrogens with one attached hydrogen (secondary N) is 1. The van der Waals surface area contributed by atoms with Crippen molar-refractivity contribution in [2.24, 2.45) is 0 Å². The van der Waals surface area contributed by atoms with Gasteiger partial charge in [0.15, 0.2) is 11.5 Å². The Balaban J connectivity index is 1.83. The molecule has 0 radical (unpaired) electrons. The van der Waals surface area contributed by atoms with Crippen LogP contribution < -0.4 is 14.8 Å². The Hall–Kier alpha value is -2.65. The summed E-state index contributed by atoms with van der Waals surface area (Å²) in [6, 6.07) is 14.9. The molecule has 0 aliphatic rings. The van der Waals surface area contributed by atoms with E-state index in [9.17, 15) is 4.79 Å². The molecule has 0 spiro atoms. The van der Waals surface area contributed by atoms with Crippen molar-refractivity contribution >= 4 is 17.7 Å². The van der Waals surface area contributed by atoms with Gasteiger partial charge in [-0.2, -0.15) is 5.26 Å². The Morgan fingerprint density at radius 1 is 1.19 bits per heavy atom. The minimum Gasteiger partial charge on any atom is -0.493 e. The smallest absolute Gasteiger partial charge is 0.230 e. The maximum Gasteiger partial charge on any atom is 0.230 e. The van der Waals surface area contributed by atoms with E-state index in [1.165, 1.54) is 11.8 Å². The molecule has 0 aliphatic carbocycles. The minimum absolute atomic E-state index is 0.0513. The third kappa shape index (κ3) is 6.01. The third-order valence-corrected chi connectivity index (χ3v) is 4.54. The van der Waals surface area contributed by atoms with Crippen LogP contribution in [0, 0.1) is 11.3 Å². The van der Waals surface area contributed by atoms with Crippen LogP contribution in [0.1, 0.15) is 24.5 Å². The molecule has 136 valence electrons. The fraction of sp³-hybridized carbons (Fsp3) is 0.300. The van der Waals surface area contributed by atoms with E-state index in [1.807, 2.05) is 37.3 Å². The van der Waals surface area contributed by atoms with E-state index in [1.54, 1.807) is 19.2 Å². The van der Waals surface area contributed by atoms with Gasteiger partial charge in [0.1, 0.15) is 0 Å². The van der Waals surface area contributed by atoms with E-state index in [2.05, 4.69) is 11.4 Å². The SMILES string of the molecule is CCCOc1ccc(CNC(=O)CSc2ccc(C#N)cc2)cc1OC. The van der Waals surface area contributed by atoms with Crippen molar-refractivity contribution in [1.82, 2.24) is 5.32 Å². The third-order valence-electron chi connectivity index (χ3n) is 3.53. The fourth-order valence-corrected chi connectivity index (χ4v) is 2.91. The number of carbonyl (C=O) groups excluding carboxylic acids is 1. The quantitative estimate of drug-likeness (QED) is 0.681. The molecule has 0 unspecified atom stereocenters. The first-order valence-corrected chi connectivity index (χ1v) is 9.34. The number of rotatable bonds is 9. The summed E-state index contributed by atoms with van der Waals surface area (Å²) in [7, 11) is 1.60. The van der Waals surface area contributed by atoms with Gasteiger partial charge in [-0.1, -0.05) is 13.0 Å². The molecule has 0 fully saturated rings. The predicted molar refractivity (Wildman–Crippen MR) is 103 cm³/mol. The zero-order valence-electron chi connectivity index (χ0n) is 15.0. The number of carbonyl (C=O) groups is 1. The van der Waals surface area contributed by atoms with Crippen LogP contribution in [0.15, 0.2) is 47.4 Å². The van der Waals surface area contributed by atoms with Gasteiger partial charge in [0.2, 0.25) is 5.91 Å². The lowest BCUT2D eigenvalue weighted by Gasteiger charge is -2.12. The first-order chi connectivity index (χ1) is 12.7. The van der Waals surface area contributed by atoms with Crippen molar-refractivity contribution in [2.75, 3.05) is 19.5 Å². The number of hydrogen-bond acceptors (Lipinski definition) is 5. The summed E-state index contributed by atoms with van der Waals surface area (Å²) in [5.74, 6) is 1.64. The predicted octanol–water partition coefficient (Wildman–Crippen LogP) is 3.76. The summed E-state index contributed by atoms with van der Waals surface area (Å²) < 4.78 is 11.0. The molecule has 26 heavy (non-hydrogen) atoms. The Bertz CT molecular complexity index is 770. The van der Waals surface area contributed by atoms with Crippen LogP contribution in [0.25, 0.3) is 0 Å². The van der Waals surface area contributed by atoms with Gasteiger partial charge in [-0.05, 0) is 48.4 Å². The van der Waals surface area contributed by atoms with Gasteiger partial charge in [-0.15, -0.1) is 11.8 Å². The van der Waals surface area contributed by atoms with Crippen molar-refractivity contribution < 1.29 is 14.3 Å². The maximum atomic E-state index is 12.0. The van der Waals surface area contributed by atoms with Gasteiger partial charge in [0, 0.05) is 11.4 Å². The Kier molecular flexibility index (Phi) is 7.84. The molecular formula is C20H22N2O3S. The molecule has 2 rings (SSSR count). The summed E-state index contributed by atoms with van der Waals surface area (Å²) in [4.78, 5) is 13.0. The highest BCUT2D eigenvalue weighted by atomic mass is 32.2. The molecule has 0 saturated heterocycles. The van der Waals surface area contributed by atoms with Crippen LogP contribution in [-0.4, -0.2) is 25.4 Å². The van der Waals surface area contributed by atoms with E-state index in [0.29, 0.717) is 36.0 Å². The Labute approximate surface area is 158 Å². The van der Waals surface area contributed by atoms with Gasteiger partial charge in [0.05, 0.1) is 31.1 Å². The van der Waals surface area contributed by atoms with E-state index in [4.69, 9.17) is 14.7 Å². The number of methoxy groups -OCH3 is 1. The molecule has 6 heteroatoms. The maximum absolute atomic E-state index is 12.0. The number of hydrogen-bond donors (Lipinski definition) is 1. The van der Waals surface area contributed by atoms with Gasteiger partial charge < -0.3 is 14.8 Å². The van der Waals surface area contributed by atoms with E-state index in [0.717, 1.165) is 16.9 Å². The number of amides is 1. The molecule has 5 nitrogen and oxygen atoms in total. The zero-order valence-corrected chi connectivity index (χ0v) is 15.8. The number of nitriles is 1. The Morgan fingerprint density at radius 3 is 2.62 bits per heavy atom. The summed E-state index contributed by atoms with van der Waals surface area (Å²) in [5, 5.41) is 11.7. The lowest BCUT2D eigenvalue weighted by molar-refractivity contribution is -0.118. The highest BCUT2D eigenvalue weighted by molar-refractivity contribution is 8.00. The van der Waals surface area contributed by atoms with Crippen molar-refractivity contribution in [1.29, 1.82) is 5.26 Å². The Morgan fingerprint density at radius 2 is 1.96 bits per heavy atom. The van der Waals surface area contributed by atoms with E-state index < -0.39 is 0 Å². The summed E-state index contributed by atoms with van der Waals surface area (Å²) in [6.07, 6.45) is 0.928. The molecule has 2 aromatic rings. The average Bonchev–Trinajstić information content (AvgIpc) is 2.69. The summed E-state index contributed by atoms with van der Waals surface area (Å²) in [5.41, 5.74) is 1.56. The molecule has 0 bridgehead atoms. The lowest BCUT2D eigenvalue weighted by atomic mass is 10.2. The van der Waals surface area contributed by atoms with Crippen LogP contribution in [0.5, 0.6) is 11.5 Å². The van der Waals surface area contributed by atoms with Crippen LogP contribution in [0.2, 0.25) is 0 Å². The van der Waals surface area contributed by atoms with Crippen molar-refractivity contribution in [3.8, 4) is 17.6 Å². The number of nitrogens with zero attached hydrogens (tertiary/aromatic N) is 1. The van der Waals surface area contributed by atoms with E-state index in [-0.39, 0.29) is 5.91 Å². The fourth-order valence-electron chi connectivity index (χ4n) is 2.18. The second-order valence-electron chi connectivity index (χ2n) is 5.54. The monoisotopic (exact) mass is 370 g/mol. The van der Waals surface area contributed by atoms with Crippen LogP contribution in [-0.2, 0) is 11.3 Å². The lowest BCUT2D eigenvalue weighted by Crippen LogP contribution is -2.24. The van der Waals surface area contributed by atoms with Crippen LogP contribution in [0.4, 0.5) is 0 Å². The van der Waals surface area contributed by atoms with Crippen molar-refractivity contribution in [2.45, 2.75) is 24.8 Å².